The second kappa shape index (κ2) is 2.80. The van der Waals surface area contributed by atoms with Gasteiger partial charge in [-0.05, 0) is 42.5 Å². The maximum atomic E-state index is 13.2. The van der Waals surface area contributed by atoms with Crippen LogP contribution >= 0.6 is 0 Å². The van der Waals surface area contributed by atoms with E-state index in [0.717, 1.165) is 19.5 Å². The summed E-state index contributed by atoms with van der Waals surface area (Å²) < 4.78 is 13.2. The Bertz CT molecular complexity index is 369. The van der Waals surface area contributed by atoms with Crippen LogP contribution in [0, 0.1) is 5.82 Å². The number of aryl methyl sites for hydroxylation is 1. The summed E-state index contributed by atoms with van der Waals surface area (Å²) in [7, 11) is 0. The second-order valence-electron chi connectivity index (χ2n) is 4.54. The molecule has 2 aliphatic rings. The highest BCUT2D eigenvalue weighted by molar-refractivity contribution is 5.40. The molecular formula is C12H14FN. The van der Waals surface area contributed by atoms with Crippen LogP contribution in [0.15, 0.2) is 18.2 Å². The van der Waals surface area contributed by atoms with Crippen molar-refractivity contribution in [2.75, 3.05) is 13.1 Å². The zero-order valence-electron chi connectivity index (χ0n) is 8.15. The quantitative estimate of drug-likeness (QED) is 0.661. The third kappa shape index (κ3) is 1.04. The SMILES string of the molecule is Fc1ccc2c(c1)C1(CCC2)CNC1. The molecule has 1 aliphatic carbocycles. The van der Waals surface area contributed by atoms with Gasteiger partial charge in [0.25, 0.3) is 0 Å². The molecule has 1 aromatic rings. The van der Waals surface area contributed by atoms with Crippen molar-refractivity contribution in [3.63, 3.8) is 0 Å². The Balaban J connectivity index is 2.12. The summed E-state index contributed by atoms with van der Waals surface area (Å²) in [5.74, 6) is -0.0862. The van der Waals surface area contributed by atoms with Crippen molar-refractivity contribution < 1.29 is 4.39 Å². The van der Waals surface area contributed by atoms with E-state index in [2.05, 4.69) is 5.32 Å². The molecule has 0 bridgehead atoms. The van der Waals surface area contributed by atoms with Gasteiger partial charge in [0, 0.05) is 18.5 Å². The van der Waals surface area contributed by atoms with Crippen LogP contribution in [0.25, 0.3) is 0 Å². The van der Waals surface area contributed by atoms with E-state index < -0.39 is 0 Å². The zero-order chi connectivity index (χ0) is 9.60. The van der Waals surface area contributed by atoms with Crippen molar-refractivity contribution in [2.45, 2.75) is 24.7 Å². The minimum Gasteiger partial charge on any atom is -0.315 e. The van der Waals surface area contributed by atoms with Crippen molar-refractivity contribution in [3.8, 4) is 0 Å². The van der Waals surface area contributed by atoms with Crippen LogP contribution in [0.4, 0.5) is 4.39 Å². The van der Waals surface area contributed by atoms with Crippen LogP contribution in [-0.4, -0.2) is 13.1 Å². The molecule has 0 radical (unpaired) electrons. The molecule has 3 rings (SSSR count). The number of hydrogen-bond donors (Lipinski definition) is 1. The van der Waals surface area contributed by atoms with E-state index in [1.165, 1.54) is 24.0 Å². The van der Waals surface area contributed by atoms with E-state index in [1.807, 2.05) is 6.07 Å². The molecular weight excluding hydrogens is 177 g/mol. The topological polar surface area (TPSA) is 12.0 Å². The van der Waals surface area contributed by atoms with Gasteiger partial charge in [0.2, 0.25) is 0 Å². The van der Waals surface area contributed by atoms with Crippen molar-refractivity contribution in [3.05, 3.63) is 35.1 Å². The Morgan fingerprint density at radius 2 is 2.14 bits per heavy atom. The van der Waals surface area contributed by atoms with Crippen LogP contribution < -0.4 is 5.32 Å². The highest BCUT2D eigenvalue weighted by Crippen LogP contribution is 2.40. The molecule has 1 fully saturated rings. The number of rotatable bonds is 0. The number of fused-ring (bicyclic) bond motifs is 2. The highest BCUT2D eigenvalue weighted by Gasteiger charge is 2.41. The predicted octanol–water partition coefficient (Wildman–Crippen LogP) is 2.00. The third-order valence-electron chi connectivity index (χ3n) is 3.67. The van der Waals surface area contributed by atoms with Gasteiger partial charge in [0.05, 0.1) is 0 Å². The molecule has 0 amide bonds. The van der Waals surface area contributed by atoms with Gasteiger partial charge in [-0.3, -0.25) is 0 Å². The van der Waals surface area contributed by atoms with E-state index in [0.29, 0.717) is 0 Å². The maximum Gasteiger partial charge on any atom is 0.123 e. The summed E-state index contributed by atoms with van der Waals surface area (Å²) >= 11 is 0. The van der Waals surface area contributed by atoms with E-state index in [-0.39, 0.29) is 11.2 Å². The minimum absolute atomic E-state index is 0.0862. The van der Waals surface area contributed by atoms with Crippen molar-refractivity contribution in [1.29, 1.82) is 0 Å². The molecule has 14 heavy (non-hydrogen) atoms. The Kier molecular flexibility index (Phi) is 1.68. The first-order valence-corrected chi connectivity index (χ1v) is 5.30. The number of benzene rings is 1. The molecule has 1 N–H and O–H groups in total. The fraction of sp³-hybridized carbons (Fsp3) is 0.500. The molecule has 2 heteroatoms. The van der Waals surface area contributed by atoms with Crippen LogP contribution in [0.1, 0.15) is 24.0 Å². The molecule has 0 unspecified atom stereocenters. The summed E-state index contributed by atoms with van der Waals surface area (Å²) in [6.45, 7) is 2.06. The standard InChI is InChI=1S/C12H14FN/c13-10-4-3-9-2-1-5-12(7-14-8-12)11(9)6-10/h3-4,6,14H,1-2,5,7-8H2. The fourth-order valence-electron chi connectivity index (χ4n) is 2.81. The number of halogens is 1. The van der Waals surface area contributed by atoms with Crippen molar-refractivity contribution >= 4 is 0 Å². The van der Waals surface area contributed by atoms with Gasteiger partial charge in [0.1, 0.15) is 5.82 Å². The van der Waals surface area contributed by atoms with E-state index >= 15 is 0 Å². The van der Waals surface area contributed by atoms with Gasteiger partial charge in [0.15, 0.2) is 0 Å². The Hall–Kier alpha value is -0.890. The maximum absolute atomic E-state index is 13.2. The van der Waals surface area contributed by atoms with E-state index in [1.54, 1.807) is 12.1 Å². The molecule has 0 aromatic heterocycles. The summed E-state index contributed by atoms with van der Waals surface area (Å²) in [4.78, 5) is 0. The van der Waals surface area contributed by atoms with Gasteiger partial charge in [-0.25, -0.2) is 4.39 Å². The van der Waals surface area contributed by atoms with E-state index in [9.17, 15) is 4.39 Å². The molecule has 1 aromatic carbocycles. The summed E-state index contributed by atoms with van der Waals surface area (Å²) in [6, 6.07) is 5.29. The van der Waals surface area contributed by atoms with Gasteiger partial charge in [-0.15, -0.1) is 0 Å². The molecule has 1 saturated heterocycles. The van der Waals surface area contributed by atoms with Gasteiger partial charge < -0.3 is 5.32 Å². The molecule has 74 valence electrons. The smallest absolute Gasteiger partial charge is 0.123 e. The Labute approximate surface area is 83.3 Å². The molecule has 1 aliphatic heterocycles. The lowest BCUT2D eigenvalue weighted by Gasteiger charge is -2.47. The van der Waals surface area contributed by atoms with Gasteiger partial charge in [-0.2, -0.15) is 0 Å². The largest absolute Gasteiger partial charge is 0.315 e. The lowest BCUT2D eigenvalue weighted by molar-refractivity contribution is 0.238. The van der Waals surface area contributed by atoms with Crippen LogP contribution in [0.5, 0.6) is 0 Å². The van der Waals surface area contributed by atoms with Crippen molar-refractivity contribution in [1.82, 2.24) is 5.32 Å². The molecule has 1 heterocycles. The number of hydrogen-bond acceptors (Lipinski definition) is 1. The lowest BCUT2D eigenvalue weighted by Crippen LogP contribution is -2.58. The van der Waals surface area contributed by atoms with Gasteiger partial charge >= 0.3 is 0 Å². The Morgan fingerprint density at radius 1 is 1.29 bits per heavy atom. The first kappa shape index (κ1) is 8.42. The second-order valence-corrected chi connectivity index (χ2v) is 4.54. The summed E-state index contributed by atoms with van der Waals surface area (Å²) in [5, 5.41) is 3.31. The van der Waals surface area contributed by atoms with E-state index in [4.69, 9.17) is 0 Å². The summed E-state index contributed by atoms with van der Waals surface area (Å²) in [5.41, 5.74) is 2.90. The zero-order valence-corrected chi connectivity index (χ0v) is 8.15. The van der Waals surface area contributed by atoms with Crippen molar-refractivity contribution in [2.24, 2.45) is 0 Å². The van der Waals surface area contributed by atoms with Crippen LogP contribution in [0.2, 0.25) is 0 Å². The highest BCUT2D eigenvalue weighted by atomic mass is 19.1. The normalized spacial score (nSPS) is 22.9. The Morgan fingerprint density at radius 3 is 2.86 bits per heavy atom. The minimum atomic E-state index is -0.0862. The average Bonchev–Trinajstić information content (AvgIpc) is 2.14. The molecule has 1 nitrogen and oxygen atoms in total. The first-order chi connectivity index (χ1) is 6.80. The predicted molar refractivity (Wildman–Crippen MR) is 53.9 cm³/mol. The lowest BCUT2D eigenvalue weighted by atomic mass is 9.66. The fourth-order valence-corrected chi connectivity index (χ4v) is 2.81. The first-order valence-electron chi connectivity index (χ1n) is 5.30. The third-order valence-corrected chi connectivity index (χ3v) is 3.67. The molecule has 0 saturated carbocycles. The van der Waals surface area contributed by atoms with Crippen LogP contribution in [-0.2, 0) is 11.8 Å². The van der Waals surface area contributed by atoms with Crippen LogP contribution in [0.3, 0.4) is 0 Å². The molecule has 1 spiro atoms. The monoisotopic (exact) mass is 191 g/mol. The average molecular weight is 191 g/mol. The summed E-state index contributed by atoms with van der Waals surface area (Å²) in [6.07, 6.45) is 3.59. The van der Waals surface area contributed by atoms with Gasteiger partial charge in [-0.1, -0.05) is 6.07 Å². The number of nitrogens with one attached hydrogen (secondary N) is 1. The molecule has 0 atom stereocenters.